The van der Waals surface area contributed by atoms with E-state index in [2.05, 4.69) is 79.9 Å². The number of carboxylic acid groups (broad SMARTS) is 1. The van der Waals surface area contributed by atoms with Gasteiger partial charge in [-0.05, 0) is 107 Å². The summed E-state index contributed by atoms with van der Waals surface area (Å²) in [5.41, 5.74) is 10.3. The SMILES string of the molecule is CCCCN(c1cc(C)c(N=Nc2c(C#N)c(C(C)(C)C)nn2-c2nc3ccc(S(=O)(=O)N(COC=O)CC(=O)O)cc3s2)c(Nc2c(C)cc(C)cc2C)n1)c1c(C)cc(C)cc1C. The summed E-state index contributed by atoms with van der Waals surface area (Å²) < 4.78 is 34.1. The second kappa shape index (κ2) is 19.3. The van der Waals surface area contributed by atoms with Gasteiger partial charge in [-0.25, -0.2) is 18.4 Å². The van der Waals surface area contributed by atoms with Crippen LogP contribution in [0.1, 0.15) is 90.7 Å². The smallest absolute Gasteiger partial charge is 0.319 e. The summed E-state index contributed by atoms with van der Waals surface area (Å²) in [7, 11) is -4.43. The topological polar surface area (TPSA) is 208 Å². The summed E-state index contributed by atoms with van der Waals surface area (Å²) in [6, 6.07) is 17.0. The molecule has 2 N–H and O–H groups in total. The highest BCUT2D eigenvalue weighted by atomic mass is 32.2. The van der Waals surface area contributed by atoms with E-state index in [-0.39, 0.29) is 27.9 Å². The quantitative estimate of drug-likeness (QED) is 0.0497. The number of pyridine rings is 1. The van der Waals surface area contributed by atoms with Gasteiger partial charge >= 0.3 is 5.97 Å². The molecule has 3 aromatic heterocycles. The van der Waals surface area contributed by atoms with E-state index < -0.39 is 34.7 Å². The van der Waals surface area contributed by atoms with Gasteiger partial charge in [-0.15, -0.1) is 10.2 Å². The molecule has 3 heterocycles. The lowest BCUT2D eigenvalue weighted by Crippen LogP contribution is -2.37. The van der Waals surface area contributed by atoms with Gasteiger partial charge in [0, 0.05) is 23.3 Å². The highest BCUT2D eigenvalue weighted by Gasteiger charge is 2.31. The van der Waals surface area contributed by atoms with E-state index in [4.69, 9.17) is 25.3 Å². The van der Waals surface area contributed by atoms with Crippen LogP contribution in [0.15, 0.2) is 63.7 Å². The minimum Gasteiger partial charge on any atom is -0.480 e. The van der Waals surface area contributed by atoms with Crippen LogP contribution in [-0.2, 0) is 29.8 Å². The van der Waals surface area contributed by atoms with Crippen LogP contribution in [0.5, 0.6) is 0 Å². The Morgan fingerprint density at radius 1 is 0.954 bits per heavy atom. The number of rotatable bonds is 17. The van der Waals surface area contributed by atoms with E-state index in [0.29, 0.717) is 31.7 Å². The zero-order valence-corrected chi connectivity index (χ0v) is 40.2. The first-order valence-corrected chi connectivity index (χ1v) is 23.3. The number of thiazole rings is 1. The molecule has 3 aromatic carbocycles. The average Bonchev–Trinajstić information content (AvgIpc) is 3.82. The molecule has 0 saturated heterocycles. The predicted molar refractivity (Wildman–Crippen MR) is 253 cm³/mol. The Labute approximate surface area is 383 Å². The van der Waals surface area contributed by atoms with Gasteiger partial charge in [-0.2, -0.15) is 19.3 Å². The fourth-order valence-electron chi connectivity index (χ4n) is 7.87. The highest BCUT2D eigenvalue weighted by molar-refractivity contribution is 7.89. The monoisotopic (exact) mass is 918 g/mol. The zero-order valence-electron chi connectivity index (χ0n) is 38.6. The second-order valence-corrected chi connectivity index (χ2v) is 20.1. The van der Waals surface area contributed by atoms with Crippen LogP contribution in [0.4, 0.5) is 34.5 Å². The number of nitriles is 1. The Balaban J connectivity index is 1.54. The number of sulfonamides is 1. The van der Waals surface area contributed by atoms with Crippen molar-refractivity contribution in [3.05, 3.63) is 98.7 Å². The average molecular weight is 919 g/mol. The molecule has 6 aromatic rings. The molecule has 340 valence electrons. The molecule has 0 radical (unpaired) electrons. The van der Waals surface area contributed by atoms with Gasteiger partial charge < -0.3 is 20.1 Å². The minimum atomic E-state index is -4.43. The summed E-state index contributed by atoms with van der Waals surface area (Å²) >= 11 is 1.09. The largest absolute Gasteiger partial charge is 0.480 e. The first-order chi connectivity index (χ1) is 30.7. The number of fused-ring (bicyclic) bond motifs is 1. The van der Waals surface area contributed by atoms with Crippen molar-refractivity contribution < 1.29 is 27.9 Å². The van der Waals surface area contributed by atoms with Crippen LogP contribution in [0.25, 0.3) is 15.3 Å². The fourth-order valence-corrected chi connectivity index (χ4v) is 10.2. The molecule has 0 aliphatic rings. The number of azo groups is 1. The van der Waals surface area contributed by atoms with Gasteiger partial charge in [0.1, 0.15) is 29.7 Å². The number of aromatic nitrogens is 4. The molecule has 0 spiro atoms. The Morgan fingerprint density at radius 2 is 1.60 bits per heavy atom. The number of carbonyl (C=O) groups is 2. The van der Waals surface area contributed by atoms with Crippen LogP contribution in [0.3, 0.4) is 0 Å². The molecule has 18 heteroatoms. The summed E-state index contributed by atoms with van der Waals surface area (Å²) in [5, 5.41) is 38.5. The molecular weight excluding hydrogens is 865 g/mol. The summed E-state index contributed by atoms with van der Waals surface area (Å²) in [5.74, 6) is -0.118. The number of carboxylic acids is 1. The number of hydrogen-bond acceptors (Lipinski definition) is 14. The number of carbonyl (C=O) groups excluding carboxylic acids is 1. The van der Waals surface area contributed by atoms with Crippen molar-refractivity contribution in [1.29, 1.82) is 5.26 Å². The van der Waals surface area contributed by atoms with Crippen molar-refractivity contribution in [2.24, 2.45) is 10.2 Å². The Bertz CT molecular complexity index is 2950. The van der Waals surface area contributed by atoms with Gasteiger partial charge in [-0.1, -0.05) is 80.8 Å². The third-order valence-electron chi connectivity index (χ3n) is 10.7. The van der Waals surface area contributed by atoms with E-state index in [1.807, 2.05) is 47.6 Å². The Hall–Kier alpha value is -6.55. The number of benzene rings is 3. The molecule has 0 unspecified atom stereocenters. The summed E-state index contributed by atoms with van der Waals surface area (Å²) in [6.07, 6.45) is 1.93. The summed E-state index contributed by atoms with van der Waals surface area (Å²) in [6.45, 7) is 21.5. The van der Waals surface area contributed by atoms with E-state index in [9.17, 15) is 28.4 Å². The normalized spacial score (nSPS) is 12.0. The van der Waals surface area contributed by atoms with Gasteiger partial charge in [0.05, 0.1) is 20.8 Å². The molecule has 0 saturated carbocycles. The number of ether oxygens (including phenoxy) is 1. The van der Waals surface area contributed by atoms with Crippen LogP contribution in [0.2, 0.25) is 0 Å². The first kappa shape index (κ1) is 47.9. The number of nitrogens with zero attached hydrogens (tertiary/aromatic N) is 9. The lowest BCUT2D eigenvalue weighted by molar-refractivity contribution is -0.140. The van der Waals surface area contributed by atoms with E-state index in [0.717, 1.165) is 81.3 Å². The van der Waals surface area contributed by atoms with Crippen molar-refractivity contribution in [2.75, 3.05) is 30.0 Å². The lowest BCUT2D eigenvalue weighted by atomic mass is 9.90. The van der Waals surface area contributed by atoms with Crippen LogP contribution < -0.4 is 10.2 Å². The summed E-state index contributed by atoms with van der Waals surface area (Å²) in [4.78, 5) is 34.5. The van der Waals surface area contributed by atoms with E-state index in [1.165, 1.54) is 28.4 Å². The maximum atomic E-state index is 13.6. The predicted octanol–water partition coefficient (Wildman–Crippen LogP) is 10.5. The van der Waals surface area contributed by atoms with Crippen molar-refractivity contribution in [2.45, 2.75) is 99.3 Å². The molecule has 0 atom stereocenters. The number of anilines is 4. The number of aliphatic carboxylic acids is 1. The lowest BCUT2D eigenvalue weighted by Gasteiger charge is -2.29. The molecular formula is C47H54N10O6S2. The van der Waals surface area contributed by atoms with E-state index >= 15 is 0 Å². The second-order valence-electron chi connectivity index (χ2n) is 17.2. The number of aryl methyl sites for hydroxylation is 7. The van der Waals surface area contributed by atoms with Crippen molar-refractivity contribution in [1.82, 2.24) is 24.1 Å². The fraction of sp³-hybridized carbons (Fsp3) is 0.362. The standard InChI is InChI=1S/C47H54N10O6S2/c1-12-13-16-56(42-32(7)19-28(3)20-33(42)8)38-21-31(6)41(44(50-38)51-40-29(4)17-27(2)18-30(40)5)52-53-45-35(23-48)43(47(9,10)11)54-57(45)46-49-36-15-14-34(22-37(36)64-46)65(61,62)55(24-39(59)60)25-63-26-58/h14-15,17-22,26H,12-13,16,24-25H2,1-11H3,(H,50,51)(H,59,60). The van der Waals surface area contributed by atoms with Gasteiger partial charge in [0.25, 0.3) is 6.47 Å². The Kier molecular flexibility index (Phi) is 14.2. The number of hydrogen-bond donors (Lipinski definition) is 2. The van der Waals surface area contributed by atoms with Crippen LogP contribution in [0, 0.1) is 59.8 Å². The van der Waals surface area contributed by atoms with Crippen molar-refractivity contribution in [3.8, 4) is 11.2 Å². The molecule has 65 heavy (non-hydrogen) atoms. The molecule has 0 aliphatic heterocycles. The van der Waals surface area contributed by atoms with Gasteiger partial charge in [0.15, 0.2) is 18.4 Å². The Morgan fingerprint density at radius 3 is 2.18 bits per heavy atom. The first-order valence-electron chi connectivity index (χ1n) is 21.0. The van der Waals surface area contributed by atoms with Crippen molar-refractivity contribution in [3.63, 3.8) is 0 Å². The molecule has 16 nitrogen and oxygen atoms in total. The third kappa shape index (κ3) is 10.2. The zero-order chi connectivity index (χ0) is 47.5. The maximum absolute atomic E-state index is 13.6. The molecule has 0 amide bonds. The molecule has 6 rings (SSSR count). The van der Waals surface area contributed by atoms with Crippen LogP contribution >= 0.6 is 11.3 Å². The minimum absolute atomic E-state index is 0.0374. The van der Waals surface area contributed by atoms with E-state index in [1.54, 1.807) is 0 Å². The van der Waals surface area contributed by atoms with Gasteiger partial charge in [0.2, 0.25) is 15.2 Å². The maximum Gasteiger partial charge on any atom is 0.319 e. The number of nitrogens with one attached hydrogen (secondary N) is 1. The van der Waals surface area contributed by atoms with Gasteiger partial charge in [-0.3, -0.25) is 9.59 Å². The van der Waals surface area contributed by atoms with Crippen molar-refractivity contribution >= 4 is 78.5 Å². The molecule has 0 aliphatic carbocycles. The number of unbranched alkanes of at least 4 members (excludes halogenated alkanes) is 1. The third-order valence-corrected chi connectivity index (χ3v) is 13.5. The van der Waals surface area contributed by atoms with Crippen LogP contribution in [-0.4, -0.2) is 69.8 Å². The molecule has 0 bridgehead atoms. The highest BCUT2D eigenvalue weighted by Crippen LogP contribution is 2.42. The molecule has 0 fully saturated rings.